The highest BCUT2D eigenvalue weighted by Crippen LogP contribution is 2.27. The lowest BCUT2D eigenvalue weighted by atomic mass is 10.0. The smallest absolute Gasteiger partial charge is 0.368 e. The molecule has 1 heterocycles. The Labute approximate surface area is 156 Å². The molecule has 0 aliphatic carbocycles. The molecule has 7 heteroatoms. The monoisotopic (exact) mass is 370 g/mol. The fraction of sp³-hybridized carbons (Fsp3) is 0.211. The molecule has 0 saturated carbocycles. The average molecular weight is 371 g/mol. The Morgan fingerprint density at radius 3 is 2.69 bits per heavy atom. The second-order valence-electron chi connectivity index (χ2n) is 6.08. The number of benzene rings is 2. The Kier molecular flexibility index (Phi) is 4.95. The van der Waals surface area contributed by atoms with Gasteiger partial charge in [-0.05, 0) is 53.6 Å². The fourth-order valence-corrected chi connectivity index (χ4v) is 2.83. The summed E-state index contributed by atoms with van der Waals surface area (Å²) in [6, 6.07) is 11.1. The van der Waals surface area contributed by atoms with Gasteiger partial charge in [0.25, 0.3) is 0 Å². The van der Waals surface area contributed by atoms with Gasteiger partial charge in [-0.3, -0.25) is 0 Å². The number of nitrogens with zero attached hydrogens (tertiary/aromatic N) is 4. The van der Waals surface area contributed by atoms with Crippen LogP contribution in [0, 0.1) is 6.92 Å². The maximum absolute atomic E-state index is 12.3. The Morgan fingerprint density at radius 2 is 2.04 bits per heavy atom. The first kappa shape index (κ1) is 17.9. The van der Waals surface area contributed by atoms with Gasteiger partial charge in [-0.25, -0.2) is 4.79 Å². The van der Waals surface area contributed by atoms with Crippen LogP contribution < -0.4 is 10.4 Å². The van der Waals surface area contributed by atoms with Crippen molar-refractivity contribution >= 4 is 17.2 Å². The predicted molar refractivity (Wildman–Crippen MR) is 102 cm³/mol. The first-order valence-electron chi connectivity index (χ1n) is 8.04. The van der Waals surface area contributed by atoms with Crippen LogP contribution in [0.5, 0.6) is 5.75 Å². The molecule has 0 saturated heterocycles. The highest BCUT2D eigenvalue weighted by Gasteiger charge is 2.16. The summed E-state index contributed by atoms with van der Waals surface area (Å²) in [6.07, 6.45) is 0. The van der Waals surface area contributed by atoms with E-state index in [1.807, 2.05) is 44.2 Å². The number of allylic oxidation sites excluding steroid dienone is 1. The van der Waals surface area contributed by atoms with Crippen LogP contribution >= 0.6 is 11.6 Å². The third-order valence-corrected chi connectivity index (χ3v) is 4.32. The first-order valence-corrected chi connectivity index (χ1v) is 8.42. The van der Waals surface area contributed by atoms with Gasteiger partial charge in [-0.2, -0.15) is 9.36 Å². The van der Waals surface area contributed by atoms with Gasteiger partial charge in [0.05, 0.1) is 5.69 Å². The van der Waals surface area contributed by atoms with Crippen LogP contribution in [0.1, 0.15) is 23.6 Å². The molecule has 0 radical (unpaired) electrons. The minimum absolute atomic E-state index is 0.239. The van der Waals surface area contributed by atoms with Crippen LogP contribution in [-0.4, -0.2) is 19.8 Å². The number of hydrogen-bond acceptors (Lipinski definition) is 4. The van der Waals surface area contributed by atoms with E-state index in [9.17, 15) is 4.79 Å². The molecule has 0 bridgehead atoms. The first-order chi connectivity index (χ1) is 12.4. The summed E-state index contributed by atoms with van der Waals surface area (Å²) in [4.78, 5) is 12.3. The summed E-state index contributed by atoms with van der Waals surface area (Å²) in [5.74, 6) is 0.687. The molecular formula is C19H19ClN4O2. The molecule has 3 aromatic rings. The van der Waals surface area contributed by atoms with E-state index >= 15 is 0 Å². The van der Waals surface area contributed by atoms with Crippen LogP contribution in [0.2, 0.25) is 5.02 Å². The van der Waals surface area contributed by atoms with E-state index in [4.69, 9.17) is 16.3 Å². The zero-order chi connectivity index (χ0) is 18.8. The van der Waals surface area contributed by atoms with E-state index in [0.717, 1.165) is 22.3 Å². The Morgan fingerprint density at radius 1 is 1.27 bits per heavy atom. The molecular weight excluding hydrogens is 352 g/mol. The molecule has 0 aliphatic rings. The molecule has 6 nitrogen and oxygen atoms in total. The lowest BCUT2D eigenvalue weighted by Gasteiger charge is -2.16. The van der Waals surface area contributed by atoms with E-state index < -0.39 is 0 Å². The second kappa shape index (κ2) is 7.17. The molecule has 2 aromatic carbocycles. The van der Waals surface area contributed by atoms with E-state index in [1.165, 1.54) is 9.36 Å². The fourth-order valence-electron chi connectivity index (χ4n) is 2.67. The number of ether oxygens (including phenoxy) is 1. The largest absolute Gasteiger partial charge is 0.488 e. The van der Waals surface area contributed by atoms with E-state index in [0.29, 0.717) is 16.5 Å². The highest BCUT2D eigenvalue weighted by molar-refractivity contribution is 6.30. The summed E-state index contributed by atoms with van der Waals surface area (Å²) in [7, 11) is 1.56. The van der Waals surface area contributed by atoms with E-state index in [1.54, 1.807) is 13.1 Å². The zero-order valence-corrected chi connectivity index (χ0v) is 15.6. The Hall–Kier alpha value is -2.86. The van der Waals surface area contributed by atoms with Crippen molar-refractivity contribution in [2.75, 3.05) is 0 Å². The molecule has 1 aromatic heterocycles. The molecule has 0 N–H and O–H groups in total. The van der Waals surface area contributed by atoms with Crippen molar-refractivity contribution in [3.8, 4) is 11.4 Å². The minimum atomic E-state index is -0.330. The van der Waals surface area contributed by atoms with Gasteiger partial charge in [0, 0.05) is 17.6 Å². The summed E-state index contributed by atoms with van der Waals surface area (Å²) < 4.78 is 8.45. The number of halogens is 1. The lowest BCUT2D eigenvalue weighted by Crippen LogP contribution is -2.23. The van der Waals surface area contributed by atoms with Crippen molar-refractivity contribution in [3.63, 3.8) is 0 Å². The van der Waals surface area contributed by atoms with Gasteiger partial charge in [0.15, 0.2) is 0 Å². The van der Waals surface area contributed by atoms with Gasteiger partial charge in [-0.1, -0.05) is 42.0 Å². The van der Waals surface area contributed by atoms with Crippen molar-refractivity contribution in [1.82, 2.24) is 19.8 Å². The minimum Gasteiger partial charge on any atom is -0.488 e. The maximum Gasteiger partial charge on any atom is 0.368 e. The SMILES string of the molecule is C=C(C)c1cccc(-n2nnn(C)c2=O)c1COc1cc(Cl)ccc1C. The zero-order valence-electron chi connectivity index (χ0n) is 14.9. The molecule has 0 spiro atoms. The van der Waals surface area contributed by atoms with E-state index in [-0.39, 0.29) is 12.3 Å². The van der Waals surface area contributed by atoms with Crippen molar-refractivity contribution in [3.05, 3.63) is 75.2 Å². The van der Waals surface area contributed by atoms with Gasteiger partial charge in [0.1, 0.15) is 12.4 Å². The van der Waals surface area contributed by atoms with Crippen LogP contribution in [0.25, 0.3) is 11.3 Å². The molecule has 134 valence electrons. The quantitative estimate of drug-likeness (QED) is 0.689. The number of rotatable bonds is 5. The number of hydrogen-bond donors (Lipinski definition) is 0. The number of aromatic nitrogens is 4. The lowest BCUT2D eigenvalue weighted by molar-refractivity contribution is 0.303. The summed E-state index contributed by atoms with van der Waals surface area (Å²) >= 11 is 6.07. The maximum atomic E-state index is 12.3. The third-order valence-electron chi connectivity index (χ3n) is 4.08. The van der Waals surface area contributed by atoms with Crippen LogP contribution in [0.4, 0.5) is 0 Å². The molecule has 3 rings (SSSR count). The summed E-state index contributed by atoms with van der Waals surface area (Å²) in [5.41, 5.74) is 3.83. The van der Waals surface area contributed by atoms with Crippen LogP contribution in [-0.2, 0) is 13.7 Å². The van der Waals surface area contributed by atoms with Gasteiger partial charge in [0.2, 0.25) is 0 Å². The molecule has 0 aliphatic heterocycles. The standard InChI is InChI=1S/C19H19ClN4O2/c1-12(2)15-6-5-7-17(24-19(25)23(4)21-22-24)16(15)11-26-18-10-14(20)9-8-13(18)3/h5-10H,1,11H2,2-4H3. The summed E-state index contributed by atoms with van der Waals surface area (Å²) in [5, 5.41) is 8.33. The molecule has 0 unspecified atom stereocenters. The van der Waals surface area contributed by atoms with Crippen LogP contribution in [0.15, 0.2) is 47.8 Å². The molecule has 0 amide bonds. The average Bonchev–Trinajstić information content (AvgIpc) is 2.94. The van der Waals surface area contributed by atoms with Crippen LogP contribution in [0.3, 0.4) is 0 Å². The highest BCUT2D eigenvalue weighted by atomic mass is 35.5. The normalized spacial score (nSPS) is 10.8. The molecule has 26 heavy (non-hydrogen) atoms. The number of tetrazole rings is 1. The Bertz CT molecular complexity index is 1040. The van der Waals surface area contributed by atoms with Gasteiger partial charge in [-0.15, -0.1) is 0 Å². The van der Waals surface area contributed by atoms with E-state index in [2.05, 4.69) is 17.0 Å². The van der Waals surface area contributed by atoms with Crippen molar-refractivity contribution in [2.24, 2.45) is 7.05 Å². The second-order valence-corrected chi connectivity index (χ2v) is 6.52. The van der Waals surface area contributed by atoms with Crippen molar-refractivity contribution in [1.29, 1.82) is 0 Å². The third kappa shape index (κ3) is 3.41. The summed E-state index contributed by atoms with van der Waals surface area (Å²) in [6.45, 7) is 8.13. The number of aryl methyl sites for hydroxylation is 2. The predicted octanol–water partition coefficient (Wildman–Crippen LogP) is 3.54. The Balaban J connectivity index is 2.07. The van der Waals surface area contributed by atoms with Crippen molar-refractivity contribution < 1.29 is 4.74 Å². The van der Waals surface area contributed by atoms with Crippen molar-refractivity contribution in [2.45, 2.75) is 20.5 Å². The topological polar surface area (TPSA) is 61.9 Å². The molecule has 0 fully saturated rings. The van der Waals surface area contributed by atoms with Gasteiger partial charge < -0.3 is 4.74 Å². The van der Waals surface area contributed by atoms with Gasteiger partial charge >= 0.3 is 5.69 Å². The molecule has 0 atom stereocenters.